The molecule has 11 heterocycles. The summed E-state index contributed by atoms with van der Waals surface area (Å²) in [6.07, 6.45) is 35.1. The monoisotopic (exact) mass is 1430 g/mol. The molecule has 5 aliphatic heterocycles. The second-order valence-corrected chi connectivity index (χ2v) is 36.0. The summed E-state index contributed by atoms with van der Waals surface area (Å²) in [5, 5.41) is 36.4. The molecule has 5 aliphatic rings. The van der Waals surface area contributed by atoms with Crippen molar-refractivity contribution in [3.8, 4) is 0 Å². The van der Waals surface area contributed by atoms with Crippen LogP contribution in [0.4, 0.5) is 0 Å². The van der Waals surface area contributed by atoms with Gasteiger partial charge >= 0.3 is 0 Å². The molecule has 0 unspecified atom stereocenters. The Hall–Kier alpha value is -7.79. The van der Waals surface area contributed by atoms with E-state index in [4.69, 9.17) is 6.57 Å². The summed E-state index contributed by atoms with van der Waals surface area (Å²) in [6.45, 7) is 81.0. The van der Waals surface area contributed by atoms with Crippen molar-refractivity contribution < 1.29 is 9.36 Å². The number of aromatic amines is 2. The maximum atomic E-state index is 11.0. The van der Waals surface area contributed by atoms with Gasteiger partial charge in [-0.1, -0.05) is 73.9 Å². The van der Waals surface area contributed by atoms with E-state index in [9.17, 15) is 4.79 Å². The number of amides is 1. The molecule has 0 radical (unpaired) electrons. The van der Waals surface area contributed by atoms with Gasteiger partial charge in [0.05, 0.1) is 52.9 Å². The number of hydrogen-bond donors (Lipinski definition) is 2. The molecule has 1 amide bonds. The first kappa shape index (κ1) is 93.2. The van der Waals surface area contributed by atoms with Crippen LogP contribution in [-0.2, 0) is 38.9 Å². The molecule has 6 aromatic rings. The van der Waals surface area contributed by atoms with Gasteiger partial charge in [-0.15, -0.1) is 10.2 Å². The summed E-state index contributed by atoms with van der Waals surface area (Å²) in [6, 6.07) is 0.464. The predicted octanol–water partition coefficient (Wildman–Crippen LogP) is 16.6. The largest absolute Gasteiger partial charge is 0.348 e. The Bertz CT molecular complexity index is 3110. The van der Waals surface area contributed by atoms with Crippen molar-refractivity contribution in [1.82, 2.24) is 83.8 Å². The minimum atomic E-state index is -0.163. The molecule has 26 nitrogen and oxygen atoms in total. The molecule has 0 spiro atoms. The van der Waals surface area contributed by atoms with Crippen molar-refractivity contribution in [2.24, 2.45) is 41.4 Å². The number of likely N-dealkylation sites (tertiary alicyclic amines) is 2. The van der Waals surface area contributed by atoms with Crippen molar-refractivity contribution in [1.29, 1.82) is 0 Å². The van der Waals surface area contributed by atoms with Crippen LogP contribution in [-0.4, -0.2) is 163 Å². The van der Waals surface area contributed by atoms with Crippen LogP contribution in [0.25, 0.3) is 4.85 Å². The first-order valence-corrected chi connectivity index (χ1v) is 36.5. The van der Waals surface area contributed by atoms with Gasteiger partial charge in [0.15, 0.2) is 12.5 Å². The molecule has 2 N–H and O–H groups in total. The van der Waals surface area contributed by atoms with Gasteiger partial charge in [0.1, 0.15) is 37.3 Å². The zero-order valence-electron chi connectivity index (χ0n) is 70.1. The van der Waals surface area contributed by atoms with Crippen LogP contribution in [0.15, 0.2) is 112 Å². The van der Waals surface area contributed by atoms with Crippen molar-refractivity contribution in [2.75, 3.05) is 32.8 Å². The number of nitrogens with one attached hydrogen (secondary N) is 2. The highest BCUT2D eigenvalue weighted by Crippen LogP contribution is 2.24. The third-order valence-electron chi connectivity index (χ3n) is 15.6. The molecule has 0 saturated carbocycles. The number of nitrogens with zero attached hydrogens (tertiary/aromatic N) is 23. The average Bonchev–Trinajstić information content (AvgIpc) is 1.78. The van der Waals surface area contributed by atoms with Gasteiger partial charge in [-0.2, -0.15) is 30.6 Å². The highest BCUT2D eigenvalue weighted by Gasteiger charge is 2.29. The Balaban J connectivity index is 0.000000567. The number of H-pyrrole nitrogens is 2. The van der Waals surface area contributed by atoms with Crippen molar-refractivity contribution in [2.45, 2.75) is 323 Å². The van der Waals surface area contributed by atoms with Crippen molar-refractivity contribution in [3.05, 3.63) is 104 Å². The molecular weight excluding hydrogens is 1290 g/mol. The summed E-state index contributed by atoms with van der Waals surface area (Å²) < 4.78 is 9.61. The summed E-state index contributed by atoms with van der Waals surface area (Å²) in [4.78, 5) is 45.4. The first-order chi connectivity index (χ1) is 47.2. The molecule has 103 heavy (non-hydrogen) atoms. The minimum Gasteiger partial charge on any atom is -0.348 e. The number of amidine groups is 1. The van der Waals surface area contributed by atoms with E-state index in [0.717, 1.165) is 23.8 Å². The third-order valence-corrected chi connectivity index (χ3v) is 15.6. The topological polar surface area (TPSA) is 264 Å². The van der Waals surface area contributed by atoms with Crippen LogP contribution in [0, 0.1) is 17.4 Å². The molecule has 2 fully saturated rings. The third kappa shape index (κ3) is 39.6. The number of aromatic nitrogens is 15. The second-order valence-electron chi connectivity index (χ2n) is 36.0. The lowest BCUT2D eigenvalue weighted by molar-refractivity contribution is -0.715. The number of carbonyl (C=O) groups excluding carboxylic acids is 1. The fourth-order valence-electron chi connectivity index (χ4n) is 9.09. The van der Waals surface area contributed by atoms with Gasteiger partial charge in [-0.05, 0) is 211 Å². The van der Waals surface area contributed by atoms with Crippen LogP contribution < -0.4 is 4.57 Å². The number of carbonyl (C=O) groups is 1. The van der Waals surface area contributed by atoms with E-state index >= 15 is 0 Å². The molecule has 0 bridgehead atoms. The summed E-state index contributed by atoms with van der Waals surface area (Å²) in [5.41, 5.74) is 3.62. The average molecular weight is 1430 g/mol. The number of rotatable bonds is 2. The standard InChI is InChI=1S/C9H19N.C8H11N3.C8H17N.C7H12N2O.3C7H12N2.4C6H11N3/c1-9(2,3)10-7-5-4-6-8-10;1-7(2)11-5-8(4-9-3)10-6-11;1-8(2,3)9-6-4-5-7-9;1-7(2,3)9-6(10)4-5-8-9;1-7(2,3)9-5-4-8-6-9;1-7(2,3)6-8-4-5-9-6;1-7(2,3)6-4-5-8-9-6;2*1-6(2,3)9-5-7-4-8-9;1-6(2,3)5-7-4-8-9-5;1-6(2,3)9-5-4-7-8-9/h4-8H2,1-3H3;5-7H,4H2,1-2H3;4-7H2,1-3H3;5H,4H2,1-3H3;4-6H,1-3H3;4-5H,1-3H3,(H,8,9);5H,4H2,1-3H3;2*4-5H,1-3H3;4H2,1-3H3;4-5H,1-3H3/p+1. The van der Waals surface area contributed by atoms with E-state index in [1.807, 2.05) is 78.5 Å². The molecule has 6 aromatic heterocycles. The maximum Gasteiger partial charge on any atom is 0.278 e. The quantitative estimate of drug-likeness (QED) is 0.122. The zero-order valence-corrected chi connectivity index (χ0v) is 70.1. The Morgan fingerprint density at radius 3 is 1.30 bits per heavy atom. The number of hydrogen-bond acceptors (Lipinski definition) is 17. The lowest BCUT2D eigenvalue weighted by Gasteiger charge is -2.38. The normalized spacial score (nSPS) is 15.5. The lowest BCUT2D eigenvalue weighted by atomic mass is 9.89. The predicted molar refractivity (Wildman–Crippen MR) is 423 cm³/mol. The van der Waals surface area contributed by atoms with Crippen LogP contribution >= 0.6 is 0 Å². The lowest BCUT2D eigenvalue weighted by Crippen LogP contribution is -2.44. The number of piperidine rings is 1. The fourth-order valence-corrected chi connectivity index (χ4v) is 9.09. The summed E-state index contributed by atoms with van der Waals surface area (Å²) in [5.74, 6) is 2.00. The minimum absolute atomic E-state index is 0.0660. The summed E-state index contributed by atoms with van der Waals surface area (Å²) in [7, 11) is 0. The summed E-state index contributed by atoms with van der Waals surface area (Å²) >= 11 is 0. The van der Waals surface area contributed by atoms with E-state index in [0.29, 0.717) is 36.8 Å². The Morgan fingerprint density at radius 2 is 1.08 bits per heavy atom. The van der Waals surface area contributed by atoms with E-state index in [1.54, 1.807) is 50.1 Å². The second kappa shape index (κ2) is 42.2. The van der Waals surface area contributed by atoms with E-state index < -0.39 is 0 Å². The van der Waals surface area contributed by atoms with Gasteiger partial charge in [-0.3, -0.25) is 14.6 Å². The maximum absolute atomic E-state index is 11.0. The highest BCUT2D eigenvalue weighted by atomic mass is 16.2. The smallest absolute Gasteiger partial charge is 0.278 e. The molecule has 11 rings (SSSR count). The van der Waals surface area contributed by atoms with Crippen LogP contribution in [0.5, 0.6) is 0 Å². The number of hydrazone groups is 1. The van der Waals surface area contributed by atoms with Crippen LogP contribution in [0.1, 0.15) is 284 Å². The molecule has 0 aromatic carbocycles. The van der Waals surface area contributed by atoms with Crippen LogP contribution in [0.3, 0.4) is 0 Å². The number of azo groups is 1. The van der Waals surface area contributed by atoms with Gasteiger partial charge in [0.25, 0.3) is 6.54 Å². The van der Waals surface area contributed by atoms with Crippen molar-refractivity contribution in [3.63, 3.8) is 0 Å². The SMILES string of the molecule is CC(C)(C)C1=NCN=N1.CC(C)(C)C1=NN=CC1.CC(C)(C)N1CCCC1.CC(C)(C)N1CCCCC1.CC(C)(C)N1N=CCC1=O.CC(C)(C)c1ncc[nH]1.CC(C)(C)n1ccnc1.CC(C)(C)n1ccnn1.CC(C)(C)n1cncn1.CC(C)(C)n1cncn1.[C-]#[N+]Cc1c[n+](C(C)C)c[nH]1. The molecule has 578 valence electrons. The number of imidazole rings is 3. The Kier molecular flexibility index (Phi) is 38.2. The highest BCUT2D eigenvalue weighted by molar-refractivity contribution is 6.01. The zero-order chi connectivity index (χ0) is 78.9. The van der Waals surface area contributed by atoms with Gasteiger partial charge in [0.2, 0.25) is 17.9 Å². The molecule has 2 saturated heterocycles. The van der Waals surface area contributed by atoms with E-state index in [2.05, 4.69) is 306 Å². The molecule has 0 aliphatic carbocycles. The van der Waals surface area contributed by atoms with Gasteiger partial charge in [-0.25, -0.2) is 60.1 Å². The number of aliphatic imine (C=N–C) groups is 1. The Labute approximate surface area is 622 Å². The van der Waals surface area contributed by atoms with E-state index in [-0.39, 0.29) is 49.8 Å². The van der Waals surface area contributed by atoms with E-state index in [1.165, 1.54) is 69.0 Å². The molecule has 26 heteroatoms. The fraction of sp³-hybridized carbons (Fsp3) is 0.727. The molecular formula is C77H140N25O+. The molecule has 0 atom stereocenters. The van der Waals surface area contributed by atoms with Crippen molar-refractivity contribution >= 4 is 29.9 Å². The first-order valence-electron chi connectivity index (χ1n) is 36.5. The van der Waals surface area contributed by atoms with Crippen LogP contribution in [0.2, 0.25) is 0 Å². The Morgan fingerprint density at radius 1 is 0.553 bits per heavy atom. The van der Waals surface area contributed by atoms with Gasteiger partial charge in [0, 0.05) is 82.7 Å². The van der Waals surface area contributed by atoms with Gasteiger partial charge < -0.3 is 14.4 Å².